The van der Waals surface area contributed by atoms with Crippen molar-refractivity contribution in [2.24, 2.45) is 4.99 Å². The fourth-order valence-corrected chi connectivity index (χ4v) is 4.21. The van der Waals surface area contributed by atoms with Gasteiger partial charge in [-0.1, -0.05) is 45.2 Å². The molecule has 2 fully saturated rings. The highest BCUT2D eigenvalue weighted by atomic mass is 127. The fourth-order valence-electron chi connectivity index (χ4n) is 4.21. The molecule has 9 heteroatoms. The summed E-state index contributed by atoms with van der Waals surface area (Å²) in [6, 6.07) is 0. The normalized spacial score (nSPS) is 20.5. The summed E-state index contributed by atoms with van der Waals surface area (Å²) < 4.78 is 11.0. The smallest absolute Gasteiger partial charge is 0.232 e. The molecule has 2 heterocycles. The molecule has 3 rings (SSSR count). The Morgan fingerprint density at radius 1 is 1.13 bits per heavy atom. The van der Waals surface area contributed by atoms with Gasteiger partial charge in [-0.05, 0) is 19.8 Å². The van der Waals surface area contributed by atoms with Crippen molar-refractivity contribution in [3.05, 3.63) is 11.7 Å². The second-order valence-corrected chi connectivity index (χ2v) is 9.20. The molecule has 0 unspecified atom stereocenters. The van der Waals surface area contributed by atoms with Gasteiger partial charge in [-0.15, -0.1) is 24.0 Å². The minimum atomic E-state index is -0.150. The molecule has 8 nitrogen and oxygen atoms in total. The van der Waals surface area contributed by atoms with Crippen LogP contribution in [0.15, 0.2) is 9.52 Å². The molecular formula is C21H39IN6O2. The van der Waals surface area contributed by atoms with Gasteiger partial charge in [0, 0.05) is 37.1 Å². The molecule has 0 spiro atoms. The van der Waals surface area contributed by atoms with Crippen LogP contribution in [0.2, 0.25) is 0 Å². The Morgan fingerprint density at radius 3 is 2.43 bits per heavy atom. The summed E-state index contributed by atoms with van der Waals surface area (Å²) in [7, 11) is 0. The van der Waals surface area contributed by atoms with Crippen molar-refractivity contribution in [3.63, 3.8) is 0 Å². The summed E-state index contributed by atoms with van der Waals surface area (Å²) in [4.78, 5) is 11.8. The topological polar surface area (TPSA) is 87.8 Å². The van der Waals surface area contributed by atoms with Gasteiger partial charge in [0.05, 0.1) is 13.2 Å². The van der Waals surface area contributed by atoms with Crippen LogP contribution in [-0.2, 0) is 16.7 Å². The van der Waals surface area contributed by atoms with Gasteiger partial charge >= 0.3 is 0 Å². The second-order valence-electron chi connectivity index (χ2n) is 9.20. The lowest BCUT2D eigenvalue weighted by Crippen LogP contribution is -2.60. The minimum absolute atomic E-state index is 0. The number of aliphatic imine (C=N–C) groups is 1. The maximum Gasteiger partial charge on any atom is 0.232 e. The van der Waals surface area contributed by atoms with Crippen LogP contribution in [0.3, 0.4) is 0 Å². The van der Waals surface area contributed by atoms with E-state index in [9.17, 15) is 0 Å². The molecule has 0 atom stereocenters. The summed E-state index contributed by atoms with van der Waals surface area (Å²) >= 11 is 0. The first-order chi connectivity index (χ1) is 13.9. The van der Waals surface area contributed by atoms with E-state index in [1.165, 1.54) is 32.1 Å². The molecule has 1 saturated carbocycles. The SMILES string of the molecule is CCNC(=NCc1noc(C(C)(C)C)n1)NCC1(N2CCOCC2)CCCCC1.I. The fraction of sp³-hybridized carbons (Fsp3) is 0.857. The molecule has 0 radical (unpaired) electrons. The lowest BCUT2D eigenvalue weighted by atomic mass is 9.80. The molecule has 0 bridgehead atoms. The Balaban J connectivity index is 0.00000320. The first-order valence-electron chi connectivity index (χ1n) is 11.1. The third-order valence-corrected chi connectivity index (χ3v) is 5.88. The summed E-state index contributed by atoms with van der Waals surface area (Å²) in [5.41, 5.74) is 0.0486. The van der Waals surface area contributed by atoms with E-state index in [4.69, 9.17) is 14.3 Å². The molecule has 1 aliphatic carbocycles. The number of aromatic nitrogens is 2. The van der Waals surface area contributed by atoms with E-state index in [2.05, 4.69) is 53.4 Å². The number of halogens is 1. The molecule has 0 aromatic carbocycles. The lowest BCUT2D eigenvalue weighted by molar-refractivity contribution is -0.0352. The Hall–Kier alpha value is -0.940. The van der Waals surface area contributed by atoms with Crippen LogP contribution in [0.5, 0.6) is 0 Å². The quantitative estimate of drug-likeness (QED) is 0.330. The average Bonchev–Trinajstić information content (AvgIpc) is 3.21. The Bertz CT molecular complexity index is 661. The summed E-state index contributed by atoms with van der Waals surface area (Å²) in [5.74, 6) is 2.08. The van der Waals surface area contributed by atoms with E-state index in [1.54, 1.807) is 0 Å². The second kappa shape index (κ2) is 11.6. The number of guanidine groups is 1. The van der Waals surface area contributed by atoms with Gasteiger partial charge in [0.15, 0.2) is 11.8 Å². The van der Waals surface area contributed by atoms with E-state index in [1.807, 2.05) is 0 Å². The number of morpholine rings is 1. The van der Waals surface area contributed by atoms with Crippen LogP contribution in [-0.4, -0.2) is 65.9 Å². The predicted octanol–water partition coefficient (Wildman–Crippen LogP) is 3.08. The maximum atomic E-state index is 5.59. The van der Waals surface area contributed by atoms with Crippen molar-refractivity contribution in [1.82, 2.24) is 25.7 Å². The molecule has 1 aromatic rings. The van der Waals surface area contributed by atoms with Gasteiger partial charge < -0.3 is 19.9 Å². The number of nitrogens with zero attached hydrogens (tertiary/aromatic N) is 4. The summed E-state index contributed by atoms with van der Waals surface area (Å²) in [6.07, 6.45) is 6.41. The molecule has 0 amide bonds. The van der Waals surface area contributed by atoms with Crippen LogP contribution in [0.4, 0.5) is 0 Å². The summed E-state index contributed by atoms with van der Waals surface area (Å²) in [5, 5.41) is 11.0. The van der Waals surface area contributed by atoms with Crippen LogP contribution in [0.1, 0.15) is 71.5 Å². The molecule has 2 N–H and O–H groups in total. The van der Waals surface area contributed by atoms with E-state index < -0.39 is 0 Å². The van der Waals surface area contributed by atoms with E-state index in [0.29, 0.717) is 18.3 Å². The molecule has 1 saturated heterocycles. The van der Waals surface area contributed by atoms with E-state index in [-0.39, 0.29) is 34.9 Å². The number of rotatable bonds is 6. The minimum Gasteiger partial charge on any atom is -0.379 e. The van der Waals surface area contributed by atoms with Crippen LogP contribution in [0.25, 0.3) is 0 Å². The van der Waals surface area contributed by atoms with Gasteiger partial charge in [0.2, 0.25) is 5.89 Å². The van der Waals surface area contributed by atoms with Crippen molar-refractivity contribution in [1.29, 1.82) is 0 Å². The van der Waals surface area contributed by atoms with Crippen molar-refractivity contribution < 1.29 is 9.26 Å². The largest absolute Gasteiger partial charge is 0.379 e. The number of nitrogens with one attached hydrogen (secondary N) is 2. The third kappa shape index (κ3) is 6.78. The van der Waals surface area contributed by atoms with Gasteiger partial charge in [-0.2, -0.15) is 4.98 Å². The Morgan fingerprint density at radius 2 is 1.83 bits per heavy atom. The molecule has 30 heavy (non-hydrogen) atoms. The highest BCUT2D eigenvalue weighted by Crippen LogP contribution is 2.33. The molecule has 2 aliphatic rings. The Kier molecular flexibility index (Phi) is 9.80. The van der Waals surface area contributed by atoms with Crippen LogP contribution >= 0.6 is 24.0 Å². The maximum absolute atomic E-state index is 5.59. The van der Waals surface area contributed by atoms with Crippen molar-refractivity contribution in [2.45, 2.75) is 77.3 Å². The van der Waals surface area contributed by atoms with E-state index >= 15 is 0 Å². The van der Waals surface area contributed by atoms with Crippen molar-refractivity contribution in [2.75, 3.05) is 39.4 Å². The molecule has 1 aliphatic heterocycles. The number of hydrogen-bond acceptors (Lipinski definition) is 6. The first-order valence-corrected chi connectivity index (χ1v) is 11.1. The van der Waals surface area contributed by atoms with Crippen LogP contribution in [0, 0.1) is 0 Å². The zero-order chi connectivity index (χ0) is 20.7. The highest BCUT2D eigenvalue weighted by molar-refractivity contribution is 14.0. The van der Waals surface area contributed by atoms with Crippen molar-refractivity contribution >= 4 is 29.9 Å². The first kappa shape index (κ1) is 25.3. The Labute approximate surface area is 198 Å². The van der Waals surface area contributed by atoms with Gasteiger partial charge in [-0.3, -0.25) is 4.90 Å². The monoisotopic (exact) mass is 534 g/mol. The lowest BCUT2D eigenvalue weighted by Gasteiger charge is -2.48. The molecular weight excluding hydrogens is 495 g/mol. The zero-order valence-electron chi connectivity index (χ0n) is 19.0. The zero-order valence-corrected chi connectivity index (χ0v) is 21.3. The van der Waals surface area contributed by atoms with Gasteiger partial charge in [0.25, 0.3) is 0 Å². The predicted molar refractivity (Wildman–Crippen MR) is 129 cm³/mol. The molecule has 1 aromatic heterocycles. The van der Waals surface area contributed by atoms with Crippen molar-refractivity contribution in [3.8, 4) is 0 Å². The van der Waals surface area contributed by atoms with Gasteiger partial charge in [-0.25, -0.2) is 4.99 Å². The average molecular weight is 534 g/mol. The number of hydrogen-bond donors (Lipinski definition) is 2. The molecule has 172 valence electrons. The highest BCUT2D eigenvalue weighted by Gasteiger charge is 2.38. The van der Waals surface area contributed by atoms with Crippen LogP contribution < -0.4 is 10.6 Å². The summed E-state index contributed by atoms with van der Waals surface area (Å²) in [6.45, 7) is 14.1. The van der Waals surface area contributed by atoms with Gasteiger partial charge in [0.1, 0.15) is 6.54 Å². The van der Waals surface area contributed by atoms with E-state index in [0.717, 1.165) is 45.4 Å². The third-order valence-electron chi connectivity index (χ3n) is 5.88. The standard InChI is InChI=1S/C21H38N6O2.HI/c1-5-22-19(23-15-17-25-18(29-26-17)20(2,3)4)24-16-21(9-7-6-8-10-21)27-11-13-28-14-12-27;/h5-16H2,1-4H3,(H2,22,23,24);1H. The number of ether oxygens (including phenoxy) is 1.